The molecule has 6 aromatic rings. The first-order valence-corrected chi connectivity index (χ1v) is 17.3. The predicted molar refractivity (Wildman–Crippen MR) is 186 cm³/mol. The van der Waals surface area contributed by atoms with Crippen molar-refractivity contribution >= 4 is 45.2 Å². The Morgan fingerprint density at radius 2 is 1.14 bits per heavy atom. The van der Waals surface area contributed by atoms with Crippen LogP contribution in [0, 0.1) is 34.5 Å². The van der Waals surface area contributed by atoms with Crippen LogP contribution >= 0.6 is 0 Å². The van der Waals surface area contributed by atoms with Crippen LogP contribution in [0.2, 0.25) is 0 Å². The summed E-state index contributed by atoms with van der Waals surface area (Å²) in [5.41, 5.74) is 5.59. The number of aromatic nitrogens is 8. The topological polar surface area (TPSA) is 180 Å². The van der Waals surface area contributed by atoms with E-state index in [2.05, 4.69) is 64.7 Å². The first-order chi connectivity index (χ1) is 24.4. The maximum atomic E-state index is 12.3. The number of amides is 2. The van der Waals surface area contributed by atoms with E-state index in [4.69, 9.17) is 10.5 Å². The molecule has 256 valence electrons. The van der Waals surface area contributed by atoms with Crippen LogP contribution in [0.15, 0.2) is 49.3 Å². The van der Waals surface area contributed by atoms with Crippen LogP contribution in [-0.2, 0) is 9.59 Å². The number of piperidine rings is 2. The predicted octanol–water partition coefficient (Wildman–Crippen LogP) is 4.93. The second-order valence-corrected chi connectivity index (χ2v) is 13.4. The van der Waals surface area contributed by atoms with Crippen LogP contribution < -0.4 is 0 Å². The molecule has 2 saturated heterocycles. The summed E-state index contributed by atoms with van der Waals surface area (Å²) in [5, 5.41) is 17.4. The highest BCUT2D eigenvalue weighted by atomic mass is 16.2. The number of carbonyl (C=O) groups is 2. The molecule has 2 N–H and O–H groups in total. The van der Waals surface area contributed by atoms with Gasteiger partial charge in [0, 0.05) is 76.1 Å². The highest BCUT2D eigenvalue weighted by molar-refractivity contribution is 5.78. The molecule has 14 nitrogen and oxygen atoms in total. The van der Waals surface area contributed by atoms with Gasteiger partial charge < -0.3 is 19.8 Å². The van der Waals surface area contributed by atoms with Crippen molar-refractivity contribution in [2.24, 2.45) is 11.8 Å². The number of likely N-dealkylation sites (tertiary alicyclic amines) is 2. The zero-order valence-electron chi connectivity index (χ0n) is 28.3. The van der Waals surface area contributed by atoms with Crippen molar-refractivity contribution in [2.45, 2.75) is 64.2 Å². The van der Waals surface area contributed by atoms with E-state index in [-0.39, 0.29) is 36.5 Å². The molecule has 2 aliphatic rings. The monoisotopic (exact) mass is 672 g/mol. The number of H-pyrrole nitrogens is 2. The Kier molecular flexibility index (Phi) is 9.17. The Labute approximate surface area is 288 Å². The molecular formula is C36H40N12O2. The minimum Gasteiger partial charge on any atom is -0.345 e. The van der Waals surface area contributed by atoms with Gasteiger partial charge in [0.1, 0.15) is 11.6 Å². The average Bonchev–Trinajstić information content (AvgIpc) is 3.95. The number of fused-ring (bicyclic) bond motifs is 6. The van der Waals surface area contributed by atoms with Crippen LogP contribution in [0.25, 0.3) is 33.4 Å². The summed E-state index contributed by atoms with van der Waals surface area (Å²) in [6.07, 6.45) is 14.1. The lowest BCUT2D eigenvalue weighted by atomic mass is 9.86. The first-order valence-electron chi connectivity index (χ1n) is 17.3. The number of nitrogens with one attached hydrogen (secondary N) is 2. The van der Waals surface area contributed by atoms with Gasteiger partial charge in [-0.25, -0.2) is 19.9 Å². The van der Waals surface area contributed by atoms with Crippen LogP contribution in [0.3, 0.4) is 0 Å². The lowest BCUT2D eigenvalue weighted by Gasteiger charge is -2.36. The molecule has 0 aliphatic carbocycles. The summed E-state index contributed by atoms with van der Waals surface area (Å²) < 4.78 is 4.28. The van der Waals surface area contributed by atoms with Crippen molar-refractivity contribution in [3.63, 3.8) is 0 Å². The van der Waals surface area contributed by atoms with E-state index in [0.29, 0.717) is 37.8 Å². The quantitative estimate of drug-likeness (QED) is 0.250. The Morgan fingerprint density at radius 3 is 1.56 bits per heavy atom. The van der Waals surface area contributed by atoms with Gasteiger partial charge in [0.05, 0.1) is 59.0 Å². The molecule has 0 aromatic carbocycles. The number of nitrogens with zero attached hydrogens (tertiary/aromatic N) is 10. The zero-order valence-corrected chi connectivity index (χ0v) is 28.3. The number of imidazole rings is 2. The highest BCUT2D eigenvalue weighted by Gasteiger charge is 2.34. The van der Waals surface area contributed by atoms with E-state index in [1.165, 1.54) is 0 Å². The molecule has 0 bridgehead atoms. The van der Waals surface area contributed by atoms with Crippen molar-refractivity contribution in [2.75, 3.05) is 26.2 Å². The van der Waals surface area contributed by atoms with Crippen LogP contribution in [0.5, 0.6) is 0 Å². The number of aromatic amines is 2. The van der Waals surface area contributed by atoms with Gasteiger partial charge in [-0.1, -0.05) is 13.8 Å². The fraction of sp³-hybridized carbons (Fsp3) is 0.444. The third kappa shape index (κ3) is 6.13. The zero-order chi connectivity index (χ0) is 34.8. The number of hydrogen-bond acceptors (Lipinski definition) is 8. The van der Waals surface area contributed by atoms with Gasteiger partial charge in [-0.15, -0.1) is 0 Å². The summed E-state index contributed by atoms with van der Waals surface area (Å²) in [6, 6.07) is 8.11. The molecule has 0 unspecified atom stereocenters. The van der Waals surface area contributed by atoms with Gasteiger partial charge in [0.25, 0.3) is 0 Å². The van der Waals surface area contributed by atoms with E-state index in [1.807, 2.05) is 59.1 Å². The summed E-state index contributed by atoms with van der Waals surface area (Å²) in [4.78, 5) is 52.9. The molecule has 50 heavy (non-hydrogen) atoms. The minimum absolute atomic E-state index is 0.0627. The van der Waals surface area contributed by atoms with Crippen LogP contribution in [-0.4, -0.2) is 86.5 Å². The maximum absolute atomic E-state index is 12.3. The third-order valence-corrected chi connectivity index (χ3v) is 10.4. The molecule has 0 spiro atoms. The Balaban J connectivity index is 0.000000157. The molecule has 0 saturated carbocycles. The Morgan fingerprint density at radius 1 is 0.720 bits per heavy atom. The Hall–Kier alpha value is -5.76. The second kappa shape index (κ2) is 14.0. The SMILES string of the molecule is C[C@@H]1CCN(C(=O)CCC#N)C[C@@H]1c1ncc2cnc3[nH]ccc3n12.C[C@H]1CCN(C(=O)CCC#N)C[C@H]1c1ncc2cnc3[nH]ccc3n12. The van der Waals surface area contributed by atoms with E-state index in [0.717, 1.165) is 70.9 Å². The fourth-order valence-electron chi connectivity index (χ4n) is 7.43. The highest BCUT2D eigenvalue weighted by Crippen LogP contribution is 2.34. The molecule has 4 atom stereocenters. The summed E-state index contributed by atoms with van der Waals surface area (Å²) in [6.45, 7) is 7.26. The van der Waals surface area contributed by atoms with Crippen molar-refractivity contribution in [3.05, 3.63) is 61.0 Å². The molecular weight excluding hydrogens is 632 g/mol. The van der Waals surface area contributed by atoms with Gasteiger partial charge in [0.15, 0.2) is 11.3 Å². The van der Waals surface area contributed by atoms with Gasteiger partial charge in [-0.3, -0.25) is 18.4 Å². The third-order valence-electron chi connectivity index (χ3n) is 10.4. The number of hydrogen-bond donors (Lipinski definition) is 2. The van der Waals surface area contributed by atoms with Crippen molar-refractivity contribution in [1.82, 2.24) is 48.5 Å². The van der Waals surface area contributed by atoms with Crippen molar-refractivity contribution < 1.29 is 9.59 Å². The average molecular weight is 673 g/mol. The van der Waals surface area contributed by atoms with Gasteiger partial charge in [-0.2, -0.15) is 10.5 Å². The van der Waals surface area contributed by atoms with Gasteiger partial charge >= 0.3 is 0 Å². The van der Waals surface area contributed by atoms with E-state index >= 15 is 0 Å². The van der Waals surface area contributed by atoms with Gasteiger partial charge in [0.2, 0.25) is 11.8 Å². The van der Waals surface area contributed by atoms with E-state index < -0.39 is 0 Å². The summed E-state index contributed by atoms with van der Waals surface area (Å²) in [7, 11) is 0. The summed E-state index contributed by atoms with van der Waals surface area (Å²) >= 11 is 0. The number of carbonyl (C=O) groups excluding carboxylic acids is 2. The van der Waals surface area contributed by atoms with Crippen molar-refractivity contribution in [3.8, 4) is 12.1 Å². The molecule has 2 amide bonds. The maximum Gasteiger partial charge on any atom is 0.223 e. The molecule has 6 aromatic heterocycles. The lowest BCUT2D eigenvalue weighted by molar-refractivity contribution is -0.133. The van der Waals surface area contributed by atoms with Crippen molar-refractivity contribution in [1.29, 1.82) is 10.5 Å². The first kappa shape index (κ1) is 32.8. The van der Waals surface area contributed by atoms with Gasteiger partial charge in [-0.05, 0) is 36.8 Å². The number of nitriles is 2. The fourth-order valence-corrected chi connectivity index (χ4v) is 7.43. The Bertz CT molecular complexity index is 2090. The summed E-state index contributed by atoms with van der Waals surface area (Å²) in [5.74, 6) is 3.30. The van der Waals surface area contributed by atoms with E-state index in [9.17, 15) is 9.59 Å². The molecule has 2 aliphatic heterocycles. The minimum atomic E-state index is 0.0627. The van der Waals surface area contributed by atoms with E-state index in [1.54, 1.807) is 0 Å². The molecule has 8 heterocycles. The van der Waals surface area contributed by atoms with Crippen LogP contribution in [0.1, 0.15) is 75.9 Å². The lowest BCUT2D eigenvalue weighted by Crippen LogP contribution is -2.42. The second-order valence-electron chi connectivity index (χ2n) is 13.4. The normalized spacial score (nSPS) is 20.9. The molecule has 2 fully saturated rings. The number of rotatable bonds is 6. The molecule has 8 rings (SSSR count). The standard InChI is InChI=1S/2C18H20N6O/c2*1-12-5-8-23(16(25)3-2-6-19)11-14(12)18-22-10-13-9-21-17-15(24(13)18)4-7-20-17/h2*4,7,9-10,12,14,20H,2-3,5,8,11H2,1H3/t2*12-,14+/m10/s1. The molecule has 0 radical (unpaired) electrons. The smallest absolute Gasteiger partial charge is 0.223 e. The van der Waals surface area contributed by atoms with Crippen LogP contribution in [0.4, 0.5) is 0 Å². The largest absolute Gasteiger partial charge is 0.345 e. The molecule has 14 heteroatoms.